The number of nitrogens with zero attached hydrogens (tertiary/aromatic N) is 3. The lowest BCUT2D eigenvalue weighted by molar-refractivity contribution is -0.143. The molecule has 2 N–H and O–H groups in total. The van der Waals surface area contributed by atoms with Gasteiger partial charge >= 0.3 is 24.4 Å². The second-order valence-electron chi connectivity index (χ2n) is 10.3. The van der Waals surface area contributed by atoms with E-state index in [1.165, 1.54) is 13.3 Å². The molecule has 0 unspecified atom stereocenters. The van der Waals surface area contributed by atoms with Crippen molar-refractivity contribution in [3.63, 3.8) is 0 Å². The molecule has 2 atom stereocenters. The van der Waals surface area contributed by atoms with Crippen LogP contribution in [0.4, 0.5) is 42.8 Å². The quantitative estimate of drug-likeness (QED) is 0.180. The highest BCUT2D eigenvalue weighted by Crippen LogP contribution is 2.42. The second kappa shape index (κ2) is 13.7. The lowest BCUT2D eigenvalue weighted by Gasteiger charge is -2.40. The molecule has 0 spiro atoms. The maximum atomic E-state index is 13.5. The first-order chi connectivity index (χ1) is 21.6. The number of carbonyl (C=O) groups excluding carboxylic acids is 1. The lowest BCUT2D eigenvalue weighted by atomic mass is 9.90. The Labute approximate surface area is 259 Å². The first-order valence-corrected chi connectivity index (χ1v) is 14.1. The summed E-state index contributed by atoms with van der Waals surface area (Å²) in [6.07, 6.45) is -7.17. The van der Waals surface area contributed by atoms with Crippen molar-refractivity contribution in [3.05, 3.63) is 82.2 Å². The second-order valence-corrected chi connectivity index (χ2v) is 10.3. The van der Waals surface area contributed by atoms with E-state index < -0.39 is 48.0 Å². The maximum absolute atomic E-state index is 13.5. The first-order valence-electron chi connectivity index (χ1n) is 14.1. The highest BCUT2D eigenvalue weighted by Gasteiger charge is 2.38. The van der Waals surface area contributed by atoms with Crippen molar-refractivity contribution >= 4 is 29.8 Å². The number of carbonyl (C=O) groups is 2. The average molecular weight is 653 g/mol. The van der Waals surface area contributed by atoms with E-state index in [1.807, 2.05) is 6.92 Å². The summed E-state index contributed by atoms with van der Waals surface area (Å²) >= 11 is 0. The van der Waals surface area contributed by atoms with Crippen LogP contribution in [0.2, 0.25) is 0 Å². The smallest absolute Gasteiger partial charge is 0.416 e. The van der Waals surface area contributed by atoms with Crippen LogP contribution < -0.4 is 15.0 Å². The number of carboxylic acid groups (broad SMARTS) is 1. The summed E-state index contributed by atoms with van der Waals surface area (Å²) in [7, 11) is 1.47. The molecule has 1 aliphatic heterocycles. The molecule has 46 heavy (non-hydrogen) atoms. The number of rotatable bonds is 9. The zero-order valence-electron chi connectivity index (χ0n) is 24.9. The monoisotopic (exact) mass is 652 g/mol. The molecule has 0 bridgehead atoms. The van der Waals surface area contributed by atoms with Gasteiger partial charge in [-0.3, -0.25) is 4.90 Å². The molecule has 1 aromatic heterocycles. The Morgan fingerprint density at radius 3 is 2.30 bits per heavy atom. The summed E-state index contributed by atoms with van der Waals surface area (Å²) in [5.74, 6) is -0.870. The molecular formula is C31H30F6N4O5. The number of methoxy groups -OCH3 is 1. The third-order valence-corrected chi connectivity index (χ3v) is 7.31. The Morgan fingerprint density at radius 2 is 1.74 bits per heavy atom. The number of aliphatic carboxylic acids is 1. The minimum absolute atomic E-state index is 0.0238. The number of ether oxygens (including phenoxy) is 2. The Balaban J connectivity index is 1.78. The third-order valence-electron chi connectivity index (χ3n) is 7.31. The first kappa shape index (κ1) is 34.1. The molecule has 0 fully saturated rings. The highest BCUT2D eigenvalue weighted by atomic mass is 19.4. The molecule has 0 saturated carbocycles. The van der Waals surface area contributed by atoms with Crippen LogP contribution in [-0.2, 0) is 28.3 Å². The normalized spacial score (nSPS) is 16.7. The molecule has 15 heteroatoms. The van der Waals surface area contributed by atoms with Crippen molar-refractivity contribution in [3.8, 4) is 5.75 Å². The van der Waals surface area contributed by atoms with Crippen LogP contribution in [0.25, 0.3) is 6.08 Å². The summed E-state index contributed by atoms with van der Waals surface area (Å²) in [5, 5.41) is 12.3. The van der Waals surface area contributed by atoms with E-state index in [0.29, 0.717) is 42.0 Å². The highest BCUT2D eigenvalue weighted by molar-refractivity contribution is 5.90. The van der Waals surface area contributed by atoms with Gasteiger partial charge in [-0.05, 0) is 67.8 Å². The van der Waals surface area contributed by atoms with Crippen molar-refractivity contribution < 1.29 is 50.5 Å². The summed E-state index contributed by atoms with van der Waals surface area (Å²) in [4.78, 5) is 34.3. The van der Waals surface area contributed by atoms with Gasteiger partial charge in [0.05, 0.1) is 42.3 Å². The number of hydrogen-bond donors (Lipinski definition) is 2. The van der Waals surface area contributed by atoms with Gasteiger partial charge in [-0.2, -0.15) is 26.3 Å². The number of halogens is 6. The van der Waals surface area contributed by atoms with E-state index in [-0.39, 0.29) is 41.5 Å². The van der Waals surface area contributed by atoms with Crippen LogP contribution >= 0.6 is 0 Å². The Hall–Kier alpha value is -4.82. The van der Waals surface area contributed by atoms with Crippen molar-refractivity contribution in [2.75, 3.05) is 23.9 Å². The number of hydrogen-bond acceptors (Lipinski definition) is 7. The van der Waals surface area contributed by atoms with Gasteiger partial charge < -0.3 is 19.9 Å². The predicted molar refractivity (Wildman–Crippen MR) is 156 cm³/mol. The van der Waals surface area contributed by atoms with Crippen molar-refractivity contribution in [1.82, 2.24) is 9.97 Å². The Kier molecular flexibility index (Phi) is 10.1. The van der Waals surface area contributed by atoms with Gasteiger partial charge in [0.25, 0.3) is 0 Å². The topological polar surface area (TPSA) is 114 Å². The standard InChI is InChI=1S/C31H30F6N4O5/c1-4-21-14-25(23-15-22(45-3)7-8-26(23)41(21)29(44)46-5-2)40-28-38-16-18(6-9-27(42)43)24(39-28)12-17-10-19(30(32,33)34)13-20(11-17)31(35,36)37/h6-11,13,15-16,21,25H,4-5,12,14H2,1-3H3,(H,42,43)(H,38,39,40)/t21-,25+/m1/s1. The molecule has 0 saturated heterocycles. The number of aromatic nitrogens is 2. The third kappa shape index (κ3) is 7.87. The summed E-state index contributed by atoms with van der Waals surface area (Å²) in [6.45, 7) is 3.75. The predicted octanol–water partition coefficient (Wildman–Crippen LogP) is 7.51. The SMILES string of the molecule is CCOC(=O)N1c2ccc(OC)cc2[C@@H](Nc2ncc(C=CC(=O)O)c(Cc3cc(C(F)(F)F)cc(C(F)(F)F)c3)n2)C[C@H]1CC. The van der Waals surface area contributed by atoms with Crippen LogP contribution in [0.5, 0.6) is 5.75 Å². The summed E-state index contributed by atoms with van der Waals surface area (Å²) < 4.78 is 91.8. The Morgan fingerprint density at radius 1 is 1.07 bits per heavy atom. The van der Waals surface area contributed by atoms with Gasteiger partial charge in [-0.1, -0.05) is 6.92 Å². The number of anilines is 2. The molecule has 3 aromatic rings. The van der Waals surface area contributed by atoms with Crippen molar-refractivity contribution in [2.45, 2.75) is 57.5 Å². The van der Waals surface area contributed by atoms with Crippen LogP contribution in [0, 0.1) is 0 Å². The van der Waals surface area contributed by atoms with Crippen LogP contribution in [0.15, 0.2) is 48.7 Å². The number of benzene rings is 2. The lowest BCUT2D eigenvalue weighted by Crippen LogP contribution is -2.46. The number of fused-ring (bicyclic) bond motifs is 1. The van der Waals surface area contributed by atoms with E-state index in [0.717, 1.165) is 12.2 Å². The molecule has 0 aliphatic carbocycles. The van der Waals surface area contributed by atoms with Gasteiger partial charge in [0, 0.05) is 35.9 Å². The molecule has 1 aliphatic rings. The van der Waals surface area contributed by atoms with E-state index in [4.69, 9.17) is 14.6 Å². The van der Waals surface area contributed by atoms with Gasteiger partial charge in [0.15, 0.2) is 0 Å². The zero-order chi connectivity index (χ0) is 33.8. The van der Waals surface area contributed by atoms with E-state index in [9.17, 15) is 35.9 Å². The van der Waals surface area contributed by atoms with Crippen LogP contribution in [0.1, 0.15) is 66.2 Å². The number of nitrogens with one attached hydrogen (secondary N) is 1. The van der Waals surface area contributed by atoms with Gasteiger partial charge in [-0.15, -0.1) is 0 Å². The zero-order valence-corrected chi connectivity index (χ0v) is 24.9. The minimum atomic E-state index is -5.05. The molecule has 246 valence electrons. The fourth-order valence-corrected chi connectivity index (χ4v) is 5.19. The number of alkyl halides is 6. The molecular weight excluding hydrogens is 622 g/mol. The molecule has 1 amide bonds. The average Bonchev–Trinajstić information content (AvgIpc) is 2.99. The van der Waals surface area contributed by atoms with Crippen LogP contribution in [-0.4, -0.2) is 46.9 Å². The maximum Gasteiger partial charge on any atom is 0.416 e. The molecule has 4 rings (SSSR count). The minimum Gasteiger partial charge on any atom is -0.497 e. The van der Waals surface area contributed by atoms with Crippen LogP contribution in [0.3, 0.4) is 0 Å². The molecule has 0 radical (unpaired) electrons. The van der Waals surface area contributed by atoms with Gasteiger partial charge in [0.1, 0.15) is 5.75 Å². The largest absolute Gasteiger partial charge is 0.497 e. The van der Waals surface area contributed by atoms with E-state index in [2.05, 4.69) is 15.3 Å². The molecule has 9 nitrogen and oxygen atoms in total. The fourth-order valence-electron chi connectivity index (χ4n) is 5.19. The van der Waals surface area contributed by atoms with E-state index in [1.54, 1.807) is 30.0 Å². The molecule has 2 aromatic carbocycles. The van der Waals surface area contributed by atoms with Crippen molar-refractivity contribution in [2.24, 2.45) is 0 Å². The fraction of sp³-hybridized carbons (Fsp3) is 0.355. The van der Waals surface area contributed by atoms with Gasteiger partial charge in [0.2, 0.25) is 5.95 Å². The van der Waals surface area contributed by atoms with Crippen molar-refractivity contribution in [1.29, 1.82) is 0 Å². The molecule has 2 heterocycles. The Bertz CT molecular complexity index is 1590. The van der Waals surface area contributed by atoms with E-state index >= 15 is 0 Å². The summed E-state index contributed by atoms with van der Waals surface area (Å²) in [5.41, 5.74) is -2.10. The number of amides is 1. The summed E-state index contributed by atoms with van der Waals surface area (Å²) in [6, 6.07) is 5.49. The van der Waals surface area contributed by atoms with Gasteiger partial charge in [-0.25, -0.2) is 19.6 Å². The number of carboxylic acids is 1.